The zero-order valence-corrected chi connectivity index (χ0v) is 16.5. The van der Waals surface area contributed by atoms with Crippen LogP contribution in [-0.4, -0.2) is 15.9 Å². The van der Waals surface area contributed by atoms with Gasteiger partial charge in [0.15, 0.2) is 5.13 Å². The number of hydrogen-bond donors (Lipinski definition) is 2. The number of anilines is 2. The van der Waals surface area contributed by atoms with Crippen LogP contribution >= 0.6 is 11.3 Å². The molecule has 1 amide bonds. The number of carbonyl (C=O) groups is 1. The van der Waals surface area contributed by atoms with E-state index in [9.17, 15) is 4.79 Å². The van der Waals surface area contributed by atoms with Crippen molar-refractivity contribution in [2.24, 2.45) is 0 Å². The molecule has 0 saturated carbocycles. The predicted octanol–water partition coefficient (Wildman–Crippen LogP) is 4.81. The quantitative estimate of drug-likeness (QED) is 0.467. The molecule has 5 nitrogen and oxygen atoms in total. The second-order valence-corrected chi connectivity index (χ2v) is 7.51. The third-order valence-corrected chi connectivity index (χ3v) is 5.25. The van der Waals surface area contributed by atoms with Crippen LogP contribution in [0.3, 0.4) is 0 Å². The first-order valence-corrected chi connectivity index (χ1v) is 10.1. The molecule has 2 aromatic heterocycles. The smallest absolute Gasteiger partial charge is 0.225 e. The fraction of sp³-hybridized carbons (Fsp3) is 0.0870. The van der Waals surface area contributed by atoms with E-state index in [0.717, 1.165) is 32.6 Å². The summed E-state index contributed by atoms with van der Waals surface area (Å²) in [6.07, 6.45) is 1.99. The van der Waals surface area contributed by atoms with Gasteiger partial charge in [0.2, 0.25) is 5.91 Å². The molecule has 0 aliphatic carbocycles. The summed E-state index contributed by atoms with van der Waals surface area (Å²) in [5, 5.41) is 7.04. The van der Waals surface area contributed by atoms with Gasteiger partial charge in [0.25, 0.3) is 0 Å². The van der Waals surface area contributed by atoms with Gasteiger partial charge in [-0.05, 0) is 24.3 Å². The van der Waals surface area contributed by atoms with Crippen LogP contribution in [0.2, 0.25) is 0 Å². The van der Waals surface area contributed by atoms with Crippen molar-refractivity contribution >= 4 is 28.1 Å². The van der Waals surface area contributed by atoms with Gasteiger partial charge in [-0.25, -0.2) is 4.98 Å². The van der Waals surface area contributed by atoms with E-state index in [2.05, 4.69) is 15.6 Å². The molecule has 0 fully saturated rings. The average molecular weight is 401 g/mol. The van der Waals surface area contributed by atoms with E-state index >= 15 is 0 Å². The van der Waals surface area contributed by atoms with E-state index in [1.54, 1.807) is 6.20 Å². The lowest BCUT2D eigenvalue weighted by Crippen LogP contribution is -2.24. The maximum Gasteiger partial charge on any atom is 0.225 e. The predicted molar refractivity (Wildman–Crippen MR) is 117 cm³/mol. The van der Waals surface area contributed by atoms with E-state index in [0.29, 0.717) is 6.54 Å². The third-order valence-electron chi connectivity index (χ3n) is 4.28. The Kier molecular flexibility index (Phi) is 5.92. The number of benzene rings is 2. The lowest BCUT2D eigenvalue weighted by atomic mass is 10.1. The van der Waals surface area contributed by atoms with Crippen LogP contribution in [0.5, 0.6) is 0 Å². The van der Waals surface area contributed by atoms with E-state index in [1.165, 1.54) is 11.3 Å². The molecule has 0 bridgehead atoms. The summed E-state index contributed by atoms with van der Waals surface area (Å²) in [6.45, 7) is 0.411. The fourth-order valence-corrected chi connectivity index (χ4v) is 3.89. The zero-order valence-electron chi connectivity index (χ0n) is 15.7. The highest BCUT2D eigenvalue weighted by Gasteiger charge is 2.16. The molecule has 0 unspecified atom stereocenters. The van der Waals surface area contributed by atoms with Gasteiger partial charge in [0.1, 0.15) is 0 Å². The molecule has 0 spiro atoms. The molecule has 2 aromatic carbocycles. The second kappa shape index (κ2) is 9.12. The molecule has 6 heteroatoms. The fourth-order valence-electron chi connectivity index (χ4n) is 2.89. The molecule has 0 radical (unpaired) electrons. The molecule has 2 heterocycles. The minimum absolute atomic E-state index is 0.0530. The minimum atomic E-state index is -0.0530. The van der Waals surface area contributed by atoms with Crippen molar-refractivity contribution in [3.63, 3.8) is 0 Å². The Morgan fingerprint density at radius 3 is 2.34 bits per heavy atom. The molecule has 0 aliphatic heterocycles. The molecular weight excluding hydrogens is 380 g/mol. The number of nitrogens with zero attached hydrogens (tertiary/aromatic N) is 2. The summed E-state index contributed by atoms with van der Waals surface area (Å²) in [6, 6.07) is 25.5. The van der Waals surface area contributed by atoms with Gasteiger partial charge in [-0.15, -0.1) is 11.3 Å². The molecule has 0 aliphatic rings. The SMILES string of the molecule is O=C(Cc1sc(Nc2ccccc2)nc1-c1ccccc1)NCc1ccccn1. The lowest BCUT2D eigenvalue weighted by Gasteiger charge is -2.05. The third kappa shape index (κ3) is 5.06. The van der Waals surface area contributed by atoms with Crippen LogP contribution in [0.4, 0.5) is 10.8 Å². The highest BCUT2D eigenvalue weighted by Crippen LogP contribution is 2.33. The van der Waals surface area contributed by atoms with E-state index in [4.69, 9.17) is 4.98 Å². The summed E-state index contributed by atoms with van der Waals surface area (Å²) >= 11 is 1.50. The normalized spacial score (nSPS) is 10.5. The monoisotopic (exact) mass is 400 g/mol. The number of pyridine rings is 1. The minimum Gasteiger partial charge on any atom is -0.350 e. The van der Waals surface area contributed by atoms with Crippen molar-refractivity contribution in [3.8, 4) is 11.3 Å². The Hall–Kier alpha value is -3.51. The molecule has 144 valence electrons. The first kappa shape index (κ1) is 18.8. The molecular formula is C23H20N4OS. The Morgan fingerprint density at radius 2 is 1.62 bits per heavy atom. The number of para-hydroxylation sites is 1. The van der Waals surface area contributed by atoms with Gasteiger partial charge in [0.05, 0.1) is 24.4 Å². The van der Waals surface area contributed by atoms with E-state index in [1.807, 2.05) is 78.9 Å². The number of nitrogens with one attached hydrogen (secondary N) is 2. The van der Waals surface area contributed by atoms with Crippen molar-refractivity contribution in [2.75, 3.05) is 5.32 Å². The average Bonchev–Trinajstić information content (AvgIpc) is 3.16. The van der Waals surface area contributed by atoms with Crippen molar-refractivity contribution in [1.82, 2.24) is 15.3 Å². The van der Waals surface area contributed by atoms with Crippen molar-refractivity contribution < 1.29 is 4.79 Å². The van der Waals surface area contributed by atoms with Gasteiger partial charge in [0, 0.05) is 22.3 Å². The maximum atomic E-state index is 12.6. The molecule has 0 atom stereocenters. The Balaban J connectivity index is 1.53. The van der Waals surface area contributed by atoms with Crippen LogP contribution in [0.1, 0.15) is 10.6 Å². The number of aromatic nitrogens is 2. The van der Waals surface area contributed by atoms with E-state index in [-0.39, 0.29) is 12.3 Å². The summed E-state index contributed by atoms with van der Waals surface area (Å²) in [4.78, 5) is 22.5. The van der Waals surface area contributed by atoms with Crippen molar-refractivity contribution in [2.45, 2.75) is 13.0 Å². The molecule has 2 N–H and O–H groups in total. The first-order chi connectivity index (χ1) is 14.3. The number of thiazole rings is 1. The molecule has 29 heavy (non-hydrogen) atoms. The Bertz CT molecular complexity index is 1070. The van der Waals surface area contributed by atoms with Crippen LogP contribution in [-0.2, 0) is 17.8 Å². The second-order valence-electron chi connectivity index (χ2n) is 6.42. The first-order valence-electron chi connectivity index (χ1n) is 9.32. The summed E-state index contributed by atoms with van der Waals surface area (Å²) < 4.78 is 0. The van der Waals surface area contributed by atoms with Crippen LogP contribution < -0.4 is 10.6 Å². The van der Waals surface area contributed by atoms with Gasteiger partial charge >= 0.3 is 0 Å². The lowest BCUT2D eigenvalue weighted by molar-refractivity contribution is -0.120. The van der Waals surface area contributed by atoms with E-state index < -0.39 is 0 Å². The molecule has 4 aromatic rings. The number of hydrogen-bond acceptors (Lipinski definition) is 5. The molecule has 0 saturated heterocycles. The number of carbonyl (C=O) groups excluding carboxylic acids is 1. The van der Waals surface area contributed by atoms with Crippen molar-refractivity contribution in [3.05, 3.63) is 95.6 Å². The number of amides is 1. The number of rotatable bonds is 7. The zero-order chi connectivity index (χ0) is 19.9. The van der Waals surface area contributed by atoms with Gasteiger partial charge in [-0.2, -0.15) is 0 Å². The topological polar surface area (TPSA) is 66.9 Å². The van der Waals surface area contributed by atoms with Crippen LogP contribution in [0.15, 0.2) is 85.1 Å². The van der Waals surface area contributed by atoms with Crippen molar-refractivity contribution in [1.29, 1.82) is 0 Å². The van der Waals surface area contributed by atoms with Gasteiger partial charge in [-0.3, -0.25) is 9.78 Å². The maximum absolute atomic E-state index is 12.6. The molecule has 4 rings (SSSR count). The summed E-state index contributed by atoms with van der Waals surface area (Å²) in [5.41, 5.74) is 3.63. The largest absolute Gasteiger partial charge is 0.350 e. The Morgan fingerprint density at radius 1 is 0.897 bits per heavy atom. The van der Waals surface area contributed by atoms with Crippen LogP contribution in [0, 0.1) is 0 Å². The highest BCUT2D eigenvalue weighted by molar-refractivity contribution is 7.16. The van der Waals surface area contributed by atoms with Gasteiger partial charge < -0.3 is 10.6 Å². The highest BCUT2D eigenvalue weighted by atomic mass is 32.1. The van der Waals surface area contributed by atoms with Crippen LogP contribution in [0.25, 0.3) is 11.3 Å². The summed E-state index contributed by atoms with van der Waals surface area (Å²) in [5.74, 6) is -0.0530. The standard InChI is InChI=1S/C23H20N4OS/c28-21(25-16-19-13-7-8-14-24-19)15-20-22(17-9-3-1-4-10-17)27-23(29-20)26-18-11-5-2-6-12-18/h1-14H,15-16H2,(H,25,28)(H,26,27). The Labute approximate surface area is 173 Å². The van der Waals surface area contributed by atoms with Gasteiger partial charge in [-0.1, -0.05) is 54.6 Å². The summed E-state index contributed by atoms with van der Waals surface area (Å²) in [7, 11) is 0.